The predicted octanol–water partition coefficient (Wildman–Crippen LogP) is 3.47. The Labute approximate surface area is 128 Å². The Morgan fingerprint density at radius 3 is 2.57 bits per heavy atom. The number of nitrogens with two attached hydrogens (primary N) is 1. The molecule has 2 aromatic carbocycles. The lowest BCUT2D eigenvalue weighted by atomic mass is 10.2. The molecule has 0 aromatic heterocycles. The van der Waals surface area contributed by atoms with Crippen molar-refractivity contribution in [1.82, 2.24) is 0 Å². The van der Waals surface area contributed by atoms with Crippen molar-refractivity contribution in [3.63, 3.8) is 0 Å². The van der Waals surface area contributed by atoms with E-state index in [4.69, 9.17) is 22.1 Å². The quantitative estimate of drug-likeness (QED) is 0.634. The lowest BCUT2D eigenvalue weighted by molar-refractivity contribution is -0.117. The second-order valence-corrected chi connectivity index (χ2v) is 4.97. The number of nitrogens with one attached hydrogen (secondary N) is 1. The molecule has 0 aliphatic rings. The van der Waals surface area contributed by atoms with Crippen LogP contribution < -0.4 is 11.1 Å². The van der Waals surface area contributed by atoms with Crippen LogP contribution in [-0.4, -0.2) is 12.5 Å². The Bertz CT molecular complexity index is 599. The molecule has 0 heterocycles. The van der Waals surface area contributed by atoms with Gasteiger partial charge in [0.15, 0.2) is 0 Å². The average Bonchev–Trinajstić information content (AvgIpc) is 2.48. The molecule has 0 saturated heterocycles. The molecule has 0 unspecified atom stereocenters. The van der Waals surface area contributed by atoms with Gasteiger partial charge in [-0.05, 0) is 35.9 Å². The summed E-state index contributed by atoms with van der Waals surface area (Å²) in [5.74, 6) is -0.0982. The van der Waals surface area contributed by atoms with Crippen LogP contribution in [0.3, 0.4) is 0 Å². The molecule has 2 rings (SSSR count). The van der Waals surface area contributed by atoms with E-state index in [0.29, 0.717) is 23.9 Å². The van der Waals surface area contributed by atoms with Crippen LogP contribution in [0.5, 0.6) is 0 Å². The second kappa shape index (κ2) is 7.67. The highest BCUT2D eigenvalue weighted by molar-refractivity contribution is 6.31. The van der Waals surface area contributed by atoms with Gasteiger partial charge in [0.1, 0.15) is 0 Å². The lowest BCUT2D eigenvalue weighted by Crippen LogP contribution is -2.14. The highest BCUT2D eigenvalue weighted by atomic mass is 35.5. The smallest absolute Gasteiger partial charge is 0.226 e. The first-order chi connectivity index (χ1) is 10.1. The van der Waals surface area contributed by atoms with Crippen LogP contribution in [0.2, 0.25) is 5.02 Å². The van der Waals surface area contributed by atoms with Gasteiger partial charge in [0.2, 0.25) is 5.91 Å². The van der Waals surface area contributed by atoms with E-state index < -0.39 is 0 Å². The Morgan fingerprint density at radius 1 is 1.14 bits per heavy atom. The molecule has 21 heavy (non-hydrogen) atoms. The molecule has 0 fully saturated rings. The molecule has 0 bridgehead atoms. The van der Waals surface area contributed by atoms with E-state index in [0.717, 1.165) is 11.3 Å². The van der Waals surface area contributed by atoms with Gasteiger partial charge >= 0.3 is 0 Å². The van der Waals surface area contributed by atoms with Gasteiger partial charge in [0.05, 0.1) is 19.6 Å². The van der Waals surface area contributed by atoms with E-state index in [1.54, 1.807) is 24.3 Å². The second-order valence-electron chi connectivity index (χ2n) is 4.56. The van der Waals surface area contributed by atoms with Crippen LogP contribution in [0.15, 0.2) is 48.5 Å². The summed E-state index contributed by atoms with van der Waals surface area (Å²) in [6.45, 7) is 0.737. The van der Waals surface area contributed by atoms with Crippen molar-refractivity contribution >= 4 is 28.9 Å². The standard InChI is InChI=1S/C16H17ClN2O2/c17-15-4-2-1-3-12(15)11-21-10-9-16(20)19-14-7-5-13(18)6-8-14/h1-8H,9-11,18H2,(H,19,20). The zero-order chi connectivity index (χ0) is 15.1. The summed E-state index contributed by atoms with van der Waals surface area (Å²) in [5, 5.41) is 3.45. The summed E-state index contributed by atoms with van der Waals surface area (Å²) in [6.07, 6.45) is 0.287. The van der Waals surface area contributed by atoms with Crippen LogP contribution in [0, 0.1) is 0 Å². The van der Waals surface area contributed by atoms with Crippen LogP contribution in [-0.2, 0) is 16.1 Å². The number of amides is 1. The fraction of sp³-hybridized carbons (Fsp3) is 0.188. The zero-order valence-electron chi connectivity index (χ0n) is 11.5. The third-order valence-corrected chi connectivity index (χ3v) is 3.25. The number of carbonyl (C=O) groups is 1. The molecule has 0 radical (unpaired) electrons. The van der Waals surface area contributed by atoms with Crippen molar-refractivity contribution in [3.05, 3.63) is 59.1 Å². The molecule has 5 heteroatoms. The molecular formula is C16H17ClN2O2. The van der Waals surface area contributed by atoms with Gasteiger partial charge in [-0.15, -0.1) is 0 Å². The first-order valence-corrected chi connectivity index (χ1v) is 6.99. The average molecular weight is 305 g/mol. The number of hydrogen-bond donors (Lipinski definition) is 2. The van der Waals surface area contributed by atoms with Crippen molar-refractivity contribution in [2.75, 3.05) is 17.7 Å². The van der Waals surface area contributed by atoms with Gasteiger partial charge < -0.3 is 15.8 Å². The minimum atomic E-state index is -0.0982. The largest absolute Gasteiger partial charge is 0.399 e. The lowest BCUT2D eigenvalue weighted by Gasteiger charge is -2.07. The molecule has 0 aliphatic carbocycles. The maximum absolute atomic E-state index is 11.7. The summed E-state index contributed by atoms with van der Waals surface area (Å²) in [7, 11) is 0. The number of benzene rings is 2. The number of halogens is 1. The van der Waals surface area contributed by atoms with Crippen molar-refractivity contribution in [3.8, 4) is 0 Å². The Morgan fingerprint density at radius 2 is 1.86 bits per heavy atom. The van der Waals surface area contributed by atoms with Crippen molar-refractivity contribution in [1.29, 1.82) is 0 Å². The number of anilines is 2. The predicted molar refractivity (Wildman–Crippen MR) is 85.2 cm³/mol. The van der Waals surface area contributed by atoms with E-state index in [1.807, 2.05) is 24.3 Å². The number of nitrogen functional groups attached to an aromatic ring is 1. The summed E-state index contributed by atoms with van der Waals surface area (Å²) >= 11 is 6.02. The topological polar surface area (TPSA) is 64.3 Å². The minimum Gasteiger partial charge on any atom is -0.399 e. The van der Waals surface area contributed by atoms with Crippen molar-refractivity contribution < 1.29 is 9.53 Å². The number of ether oxygens (including phenoxy) is 1. The molecule has 2 aromatic rings. The minimum absolute atomic E-state index is 0.0982. The van der Waals surface area contributed by atoms with Crippen LogP contribution >= 0.6 is 11.6 Å². The normalized spacial score (nSPS) is 10.3. The molecule has 3 N–H and O–H groups in total. The highest BCUT2D eigenvalue weighted by Crippen LogP contribution is 2.15. The van der Waals surface area contributed by atoms with E-state index in [2.05, 4.69) is 5.32 Å². The molecule has 0 aliphatic heterocycles. The van der Waals surface area contributed by atoms with Gasteiger partial charge in [0, 0.05) is 16.4 Å². The maximum Gasteiger partial charge on any atom is 0.226 e. The molecular weight excluding hydrogens is 288 g/mol. The summed E-state index contributed by atoms with van der Waals surface area (Å²) in [6, 6.07) is 14.5. The molecule has 110 valence electrons. The van der Waals surface area contributed by atoms with Crippen LogP contribution in [0.25, 0.3) is 0 Å². The third-order valence-electron chi connectivity index (χ3n) is 2.88. The fourth-order valence-corrected chi connectivity index (χ4v) is 1.94. The molecule has 0 saturated carbocycles. The highest BCUT2D eigenvalue weighted by Gasteiger charge is 2.03. The molecule has 1 amide bonds. The van der Waals surface area contributed by atoms with E-state index >= 15 is 0 Å². The fourth-order valence-electron chi connectivity index (χ4n) is 1.75. The van der Waals surface area contributed by atoms with Gasteiger partial charge in [-0.1, -0.05) is 29.8 Å². The van der Waals surface area contributed by atoms with Crippen LogP contribution in [0.1, 0.15) is 12.0 Å². The molecule has 0 atom stereocenters. The van der Waals surface area contributed by atoms with Gasteiger partial charge in [-0.3, -0.25) is 4.79 Å². The summed E-state index contributed by atoms with van der Waals surface area (Å²) in [5.41, 5.74) is 7.88. The number of rotatable bonds is 6. The molecule has 4 nitrogen and oxygen atoms in total. The Balaban J connectivity index is 1.70. The monoisotopic (exact) mass is 304 g/mol. The third kappa shape index (κ3) is 5.10. The molecule has 0 spiro atoms. The first kappa shape index (κ1) is 15.4. The van der Waals surface area contributed by atoms with Gasteiger partial charge in [-0.25, -0.2) is 0 Å². The Kier molecular flexibility index (Phi) is 5.60. The maximum atomic E-state index is 11.7. The number of carbonyl (C=O) groups excluding carboxylic acids is 1. The summed E-state index contributed by atoms with van der Waals surface area (Å²) in [4.78, 5) is 11.7. The van der Waals surface area contributed by atoms with E-state index in [9.17, 15) is 4.79 Å². The summed E-state index contributed by atoms with van der Waals surface area (Å²) < 4.78 is 5.46. The van der Waals surface area contributed by atoms with Gasteiger partial charge in [-0.2, -0.15) is 0 Å². The SMILES string of the molecule is Nc1ccc(NC(=O)CCOCc2ccccc2Cl)cc1. The van der Waals surface area contributed by atoms with Crippen LogP contribution in [0.4, 0.5) is 11.4 Å². The van der Waals surface area contributed by atoms with E-state index in [1.165, 1.54) is 0 Å². The van der Waals surface area contributed by atoms with E-state index in [-0.39, 0.29) is 12.3 Å². The Hall–Kier alpha value is -2.04. The van der Waals surface area contributed by atoms with Crippen molar-refractivity contribution in [2.45, 2.75) is 13.0 Å². The van der Waals surface area contributed by atoms with Crippen molar-refractivity contribution in [2.24, 2.45) is 0 Å². The van der Waals surface area contributed by atoms with Gasteiger partial charge in [0.25, 0.3) is 0 Å². The zero-order valence-corrected chi connectivity index (χ0v) is 12.3. The number of hydrogen-bond acceptors (Lipinski definition) is 3. The first-order valence-electron chi connectivity index (χ1n) is 6.61.